The minimum atomic E-state index is 0.00183. The third kappa shape index (κ3) is 4.68. The maximum atomic E-state index is 13.5. The lowest BCUT2D eigenvalue weighted by atomic mass is 9.86. The first-order valence-corrected chi connectivity index (χ1v) is 11.6. The molecule has 6 nitrogen and oxygen atoms in total. The number of likely N-dealkylation sites (tertiary alicyclic amines) is 1. The van der Waals surface area contributed by atoms with Gasteiger partial charge in [0, 0.05) is 38.3 Å². The number of carbonyl (C=O) groups is 1. The van der Waals surface area contributed by atoms with Gasteiger partial charge in [-0.15, -0.1) is 0 Å². The fourth-order valence-electron chi connectivity index (χ4n) is 4.91. The summed E-state index contributed by atoms with van der Waals surface area (Å²) in [5.74, 6) is 2.01. The van der Waals surface area contributed by atoms with Crippen molar-refractivity contribution in [2.24, 2.45) is 5.92 Å². The monoisotopic (exact) mass is 422 g/mol. The molecule has 166 valence electrons. The fraction of sp³-hybridized carbons (Fsp3) is 0.560. The average molecular weight is 423 g/mol. The van der Waals surface area contributed by atoms with E-state index in [1.54, 1.807) is 7.11 Å². The first-order chi connectivity index (χ1) is 15.1. The predicted molar refractivity (Wildman–Crippen MR) is 123 cm³/mol. The number of hydrogen-bond donors (Lipinski definition) is 0. The van der Waals surface area contributed by atoms with Crippen molar-refractivity contribution in [2.45, 2.75) is 57.4 Å². The summed E-state index contributed by atoms with van der Waals surface area (Å²) in [7, 11) is 5.59. The number of nitrogens with zero attached hydrogens (tertiary/aromatic N) is 4. The van der Waals surface area contributed by atoms with Gasteiger partial charge in [-0.05, 0) is 49.8 Å². The number of benzene rings is 1. The van der Waals surface area contributed by atoms with Crippen LogP contribution in [0.5, 0.6) is 5.75 Å². The highest BCUT2D eigenvalue weighted by molar-refractivity contribution is 5.80. The molecule has 4 rings (SSSR count). The maximum Gasteiger partial charge on any atom is 0.226 e. The Morgan fingerprint density at radius 3 is 2.42 bits per heavy atom. The quantitative estimate of drug-likeness (QED) is 0.689. The van der Waals surface area contributed by atoms with Crippen LogP contribution in [-0.4, -0.2) is 48.5 Å². The molecule has 31 heavy (non-hydrogen) atoms. The molecule has 2 heterocycles. The summed E-state index contributed by atoms with van der Waals surface area (Å²) in [4.78, 5) is 27.2. The van der Waals surface area contributed by atoms with Crippen molar-refractivity contribution >= 4 is 11.9 Å². The highest BCUT2D eigenvalue weighted by Crippen LogP contribution is 2.38. The lowest BCUT2D eigenvalue weighted by Gasteiger charge is -2.39. The highest BCUT2D eigenvalue weighted by Gasteiger charge is 2.35. The number of piperidine rings is 1. The van der Waals surface area contributed by atoms with E-state index < -0.39 is 0 Å². The number of methoxy groups -OCH3 is 1. The second-order valence-corrected chi connectivity index (χ2v) is 8.97. The summed E-state index contributed by atoms with van der Waals surface area (Å²) < 4.78 is 5.33. The topological polar surface area (TPSA) is 58.6 Å². The maximum absolute atomic E-state index is 13.5. The van der Waals surface area contributed by atoms with Gasteiger partial charge >= 0.3 is 0 Å². The van der Waals surface area contributed by atoms with Crippen molar-refractivity contribution in [3.05, 3.63) is 36.2 Å². The van der Waals surface area contributed by atoms with Crippen molar-refractivity contribution in [3.8, 4) is 16.9 Å². The molecule has 2 aromatic rings. The molecular weight excluding hydrogens is 388 g/mol. The normalized spacial score (nSPS) is 19.8. The van der Waals surface area contributed by atoms with Crippen LogP contribution in [0.3, 0.4) is 0 Å². The fourth-order valence-corrected chi connectivity index (χ4v) is 4.91. The van der Waals surface area contributed by atoms with Crippen molar-refractivity contribution in [3.63, 3.8) is 0 Å². The van der Waals surface area contributed by atoms with Crippen LogP contribution in [-0.2, 0) is 4.79 Å². The lowest BCUT2D eigenvalue weighted by Crippen LogP contribution is -2.43. The summed E-state index contributed by atoms with van der Waals surface area (Å²) in [5, 5.41) is 0. The van der Waals surface area contributed by atoms with Gasteiger partial charge in [0.15, 0.2) is 0 Å². The Bertz CT molecular complexity index is 891. The lowest BCUT2D eigenvalue weighted by molar-refractivity contribution is -0.140. The van der Waals surface area contributed by atoms with E-state index in [0.29, 0.717) is 11.9 Å². The van der Waals surface area contributed by atoms with E-state index in [1.807, 2.05) is 49.5 Å². The number of amides is 1. The molecule has 0 N–H and O–H groups in total. The molecule has 1 aromatic carbocycles. The average Bonchev–Trinajstić information content (AvgIpc) is 2.84. The Kier molecular flexibility index (Phi) is 6.73. The summed E-state index contributed by atoms with van der Waals surface area (Å²) in [6.07, 6.45) is 10.7. The van der Waals surface area contributed by atoms with Crippen LogP contribution in [0, 0.1) is 5.92 Å². The van der Waals surface area contributed by atoms with Crippen molar-refractivity contribution in [1.29, 1.82) is 0 Å². The number of hydrogen-bond acceptors (Lipinski definition) is 5. The Morgan fingerprint density at radius 2 is 1.74 bits per heavy atom. The van der Waals surface area contributed by atoms with Crippen LogP contribution in [0.2, 0.25) is 0 Å². The van der Waals surface area contributed by atoms with Gasteiger partial charge in [-0.1, -0.05) is 31.4 Å². The Labute approximate surface area is 185 Å². The smallest absolute Gasteiger partial charge is 0.226 e. The summed E-state index contributed by atoms with van der Waals surface area (Å²) in [6, 6.07) is 8.02. The molecule has 0 radical (unpaired) electrons. The van der Waals surface area contributed by atoms with Gasteiger partial charge in [-0.2, -0.15) is 0 Å². The van der Waals surface area contributed by atoms with Gasteiger partial charge < -0.3 is 14.5 Å². The second kappa shape index (κ2) is 9.67. The van der Waals surface area contributed by atoms with Gasteiger partial charge in [0.05, 0.1) is 18.8 Å². The predicted octanol–water partition coefficient (Wildman–Crippen LogP) is 4.85. The number of aromatic nitrogens is 2. The van der Waals surface area contributed by atoms with Crippen molar-refractivity contribution in [2.75, 3.05) is 32.6 Å². The van der Waals surface area contributed by atoms with E-state index in [9.17, 15) is 4.79 Å². The molecule has 6 heteroatoms. The Balaban J connectivity index is 1.73. The highest BCUT2D eigenvalue weighted by atomic mass is 16.5. The molecule has 2 fully saturated rings. The number of carbonyl (C=O) groups excluding carboxylic acids is 1. The molecule has 0 spiro atoms. The van der Waals surface area contributed by atoms with Crippen LogP contribution >= 0.6 is 0 Å². The second-order valence-electron chi connectivity index (χ2n) is 8.97. The SMILES string of the molecule is COc1ccc(-c2cnc(N(C)C)nc2[C@H]2CCCCN2C(=O)C2CCCCC2)cc1. The molecule has 1 atom stereocenters. The van der Waals surface area contributed by atoms with Crippen molar-refractivity contribution < 1.29 is 9.53 Å². The number of ether oxygens (including phenoxy) is 1. The molecule has 1 saturated heterocycles. The number of rotatable bonds is 5. The van der Waals surface area contributed by atoms with Gasteiger partial charge in [-0.3, -0.25) is 4.79 Å². The third-order valence-electron chi connectivity index (χ3n) is 6.66. The molecule has 1 amide bonds. The summed E-state index contributed by atoms with van der Waals surface area (Å²) in [5.41, 5.74) is 3.02. The zero-order chi connectivity index (χ0) is 21.8. The van der Waals surface area contributed by atoms with Gasteiger partial charge in [0.25, 0.3) is 0 Å². The largest absolute Gasteiger partial charge is 0.497 e. The van der Waals surface area contributed by atoms with E-state index in [0.717, 1.165) is 61.2 Å². The van der Waals surface area contributed by atoms with Gasteiger partial charge in [0.2, 0.25) is 11.9 Å². The van der Waals surface area contributed by atoms with Crippen LogP contribution in [0.15, 0.2) is 30.5 Å². The van der Waals surface area contributed by atoms with Crippen LogP contribution in [0.4, 0.5) is 5.95 Å². The zero-order valence-electron chi connectivity index (χ0n) is 19.0. The Morgan fingerprint density at radius 1 is 1.03 bits per heavy atom. The summed E-state index contributed by atoms with van der Waals surface area (Å²) in [6.45, 7) is 0.823. The first kappa shape index (κ1) is 21.6. The van der Waals surface area contributed by atoms with E-state index >= 15 is 0 Å². The standard InChI is InChI=1S/C25H34N4O2/c1-28(2)25-26-17-21(18-12-14-20(31-3)15-13-18)23(27-25)22-11-7-8-16-29(22)24(30)19-9-5-4-6-10-19/h12-15,17,19,22H,4-11,16H2,1-3H3/t22-/m1/s1. The van der Waals surface area contributed by atoms with E-state index in [4.69, 9.17) is 9.72 Å². The van der Waals surface area contributed by atoms with Crippen molar-refractivity contribution in [1.82, 2.24) is 14.9 Å². The Hall–Kier alpha value is -2.63. The van der Waals surface area contributed by atoms with Crippen LogP contribution in [0.1, 0.15) is 63.1 Å². The van der Waals surface area contributed by atoms with E-state index in [-0.39, 0.29) is 12.0 Å². The molecule has 1 saturated carbocycles. The molecule has 1 aromatic heterocycles. The molecule has 2 aliphatic rings. The third-order valence-corrected chi connectivity index (χ3v) is 6.66. The molecular formula is C25H34N4O2. The molecule has 1 aliphatic heterocycles. The minimum absolute atomic E-state index is 0.00183. The van der Waals surface area contributed by atoms with Crippen LogP contribution < -0.4 is 9.64 Å². The zero-order valence-corrected chi connectivity index (χ0v) is 19.0. The first-order valence-electron chi connectivity index (χ1n) is 11.6. The van der Waals surface area contributed by atoms with Gasteiger partial charge in [-0.25, -0.2) is 9.97 Å². The summed E-state index contributed by atoms with van der Waals surface area (Å²) >= 11 is 0. The van der Waals surface area contributed by atoms with Gasteiger partial charge in [0.1, 0.15) is 5.75 Å². The van der Waals surface area contributed by atoms with Crippen LogP contribution in [0.25, 0.3) is 11.1 Å². The minimum Gasteiger partial charge on any atom is -0.497 e. The molecule has 0 unspecified atom stereocenters. The van der Waals surface area contributed by atoms with E-state index in [2.05, 4.69) is 9.88 Å². The van der Waals surface area contributed by atoms with E-state index in [1.165, 1.54) is 19.3 Å². The molecule has 1 aliphatic carbocycles. The number of anilines is 1. The molecule has 0 bridgehead atoms.